The molecule has 8 nitrogen and oxygen atoms in total. The molecule has 0 bridgehead atoms. The monoisotopic (exact) mass is 611 g/mol. The van der Waals surface area contributed by atoms with E-state index in [1.807, 2.05) is 25.7 Å². The summed E-state index contributed by atoms with van der Waals surface area (Å²) in [7, 11) is 0. The Morgan fingerprint density at radius 3 is 2.23 bits per heavy atom. The molecule has 14 heteroatoms. The third kappa shape index (κ3) is 5.91. The van der Waals surface area contributed by atoms with Gasteiger partial charge in [0.05, 0.1) is 22.2 Å². The van der Waals surface area contributed by atoms with Crippen LogP contribution in [-0.4, -0.2) is 82.9 Å². The van der Waals surface area contributed by atoms with E-state index in [9.17, 15) is 31.4 Å². The summed E-state index contributed by atoms with van der Waals surface area (Å²) in [6, 6.07) is 1.80. The Morgan fingerprint density at radius 2 is 1.63 bits per heavy atom. The molecule has 0 amide bonds. The number of aromatic hydroxyl groups is 1. The first-order chi connectivity index (χ1) is 20.3. The van der Waals surface area contributed by atoms with Gasteiger partial charge in [0.2, 0.25) is 5.95 Å². The van der Waals surface area contributed by atoms with Crippen LogP contribution in [0.1, 0.15) is 43.9 Å². The maximum absolute atomic E-state index is 15.0. The molecule has 234 valence electrons. The molecule has 5 rings (SSSR count). The molecule has 0 aliphatic carbocycles. The van der Waals surface area contributed by atoms with Crippen molar-refractivity contribution < 1.29 is 31.4 Å². The lowest BCUT2D eigenvalue weighted by atomic mass is 9.94. The first-order valence-corrected chi connectivity index (χ1v) is 14.4. The number of phenols is 1. The molecule has 0 saturated carbocycles. The number of nitrogens with zero attached hydrogens (tertiary/aromatic N) is 6. The highest BCUT2D eigenvalue weighted by Crippen LogP contribution is 2.47. The Balaban J connectivity index is 1.76. The van der Waals surface area contributed by atoms with Gasteiger partial charge in [0.1, 0.15) is 17.1 Å². The van der Waals surface area contributed by atoms with Gasteiger partial charge in [-0.25, -0.2) is 4.98 Å². The topological polar surface area (TPSA) is 80.7 Å². The highest BCUT2D eigenvalue weighted by molar-refractivity contribution is 5.96. The minimum atomic E-state index is -5.12. The number of phenolic OH excluding ortho intramolecular Hbond substituents is 1. The van der Waals surface area contributed by atoms with Gasteiger partial charge in [0, 0.05) is 56.6 Å². The summed E-state index contributed by atoms with van der Waals surface area (Å²) < 4.78 is 87.5. The Labute approximate surface area is 245 Å². The molecule has 2 fully saturated rings. The predicted octanol–water partition coefficient (Wildman–Crippen LogP) is 5.46. The first kappa shape index (κ1) is 31.0. The number of alkyl halides is 6. The molecule has 2 aliphatic rings. The van der Waals surface area contributed by atoms with E-state index in [4.69, 9.17) is 4.98 Å². The second-order valence-electron chi connectivity index (χ2n) is 11.1. The fourth-order valence-corrected chi connectivity index (χ4v) is 6.13. The number of halogens is 6. The van der Waals surface area contributed by atoms with Crippen molar-refractivity contribution in [3.05, 3.63) is 35.0 Å². The maximum Gasteiger partial charge on any atom is 0.420 e. The summed E-state index contributed by atoms with van der Waals surface area (Å²) in [6.45, 7) is 11.3. The van der Waals surface area contributed by atoms with E-state index >= 15 is 0 Å². The molecule has 2 N–H and O–H groups in total. The summed E-state index contributed by atoms with van der Waals surface area (Å²) >= 11 is 0. The number of fused-ring (bicyclic) bond motifs is 1. The second-order valence-corrected chi connectivity index (χ2v) is 11.1. The molecule has 4 heterocycles. The molecular weight excluding hydrogens is 576 g/mol. The third-order valence-electron chi connectivity index (χ3n) is 8.37. The Bertz CT molecular complexity index is 1490. The number of rotatable bonds is 7. The van der Waals surface area contributed by atoms with Crippen LogP contribution < -0.4 is 15.1 Å². The summed E-state index contributed by atoms with van der Waals surface area (Å²) in [5.74, 6) is -0.253. The van der Waals surface area contributed by atoms with Crippen molar-refractivity contribution in [1.29, 1.82) is 0 Å². The summed E-state index contributed by atoms with van der Waals surface area (Å²) in [4.78, 5) is 19.0. The molecular formula is C29H35F6N7O. The molecule has 3 aromatic rings. The highest BCUT2D eigenvalue weighted by atomic mass is 19.4. The SMILES string of the molecule is CCC1CN(c2nc(N3CC(N(CC)CC)C3)nc3c(C(F)(F)F)c(-c4cc(O)cc(C)c4C(F)(F)F)ncc23)CCN1. The maximum atomic E-state index is 15.0. The quantitative estimate of drug-likeness (QED) is 0.341. The fraction of sp³-hybridized carbons (Fsp3) is 0.552. The molecule has 1 unspecified atom stereocenters. The number of piperazine rings is 1. The normalized spacial score (nSPS) is 18.5. The standard InChI is InChI=1S/C29H35F6N7O/c1-5-17-13-41(9-8-36-17)26-21-12-37-24(20-11-19(43)10-16(4)22(20)28(30,31)32)23(29(33,34)35)25(21)38-27(39-26)42-14-18(15-42)40(6-2)7-3/h10-12,17-18,36,43H,5-9,13-15H2,1-4H3. The number of anilines is 2. The largest absolute Gasteiger partial charge is 0.508 e. The smallest absolute Gasteiger partial charge is 0.420 e. The van der Waals surface area contributed by atoms with Crippen LogP contribution in [0.15, 0.2) is 18.3 Å². The van der Waals surface area contributed by atoms with Crippen molar-refractivity contribution in [3.8, 4) is 17.0 Å². The van der Waals surface area contributed by atoms with Crippen LogP contribution in [0.25, 0.3) is 22.2 Å². The lowest BCUT2D eigenvalue weighted by molar-refractivity contribution is -0.139. The van der Waals surface area contributed by atoms with Crippen molar-refractivity contribution in [2.45, 2.75) is 58.6 Å². The molecule has 43 heavy (non-hydrogen) atoms. The number of hydrogen-bond donors (Lipinski definition) is 2. The average molecular weight is 612 g/mol. The number of aryl methyl sites for hydroxylation is 1. The minimum absolute atomic E-state index is 0.00262. The first-order valence-electron chi connectivity index (χ1n) is 14.4. The second kappa shape index (κ2) is 11.6. The average Bonchev–Trinajstić information content (AvgIpc) is 2.91. The van der Waals surface area contributed by atoms with Crippen LogP contribution in [0.4, 0.5) is 38.1 Å². The van der Waals surface area contributed by atoms with E-state index in [1.54, 1.807) is 4.90 Å². The van der Waals surface area contributed by atoms with Gasteiger partial charge >= 0.3 is 12.4 Å². The van der Waals surface area contributed by atoms with Crippen LogP contribution in [0, 0.1) is 6.92 Å². The lowest BCUT2D eigenvalue weighted by Crippen LogP contribution is -2.60. The van der Waals surface area contributed by atoms with E-state index in [2.05, 4.69) is 20.2 Å². The summed E-state index contributed by atoms with van der Waals surface area (Å²) in [5, 5.41) is 13.5. The van der Waals surface area contributed by atoms with Gasteiger partial charge in [-0.1, -0.05) is 20.8 Å². The number of benzene rings is 1. The zero-order valence-corrected chi connectivity index (χ0v) is 24.4. The highest BCUT2D eigenvalue weighted by Gasteiger charge is 2.43. The van der Waals surface area contributed by atoms with E-state index in [0.29, 0.717) is 38.8 Å². The lowest BCUT2D eigenvalue weighted by Gasteiger charge is -2.45. The van der Waals surface area contributed by atoms with Gasteiger partial charge in [-0.2, -0.15) is 31.3 Å². The molecule has 1 atom stereocenters. The summed E-state index contributed by atoms with van der Waals surface area (Å²) in [5.41, 5.74) is -5.44. The molecule has 0 radical (unpaired) electrons. The van der Waals surface area contributed by atoms with E-state index < -0.39 is 51.6 Å². The summed E-state index contributed by atoms with van der Waals surface area (Å²) in [6.07, 6.45) is -8.21. The zero-order chi connectivity index (χ0) is 31.3. The van der Waals surface area contributed by atoms with Crippen molar-refractivity contribution >= 4 is 22.7 Å². The van der Waals surface area contributed by atoms with Crippen LogP contribution in [0.2, 0.25) is 0 Å². The van der Waals surface area contributed by atoms with Gasteiger partial charge in [-0.15, -0.1) is 0 Å². The van der Waals surface area contributed by atoms with E-state index in [-0.39, 0.29) is 29.2 Å². The van der Waals surface area contributed by atoms with E-state index in [1.165, 1.54) is 0 Å². The van der Waals surface area contributed by atoms with Gasteiger partial charge in [-0.3, -0.25) is 9.88 Å². The molecule has 1 aromatic carbocycles. The minimum Gasteiger partial charge on any atom is -0.508 e. The van der Waals surface area contributed by atoms with Crippen LogP contribution in [-0.2, 0) is 12.4 Å². The van der Waals surface area contributed by atoms with Crippen molar-refractivity contribution in [2.75, 3.05) is 55.6 Å². The predicted molar refractivity (Wildman–Crippen MR) is 152 cm³/mol. The van der Waals surface area contributed by atoms with Gasteiger partial charge < -0.3 is 20.2 Å². The van der Waals surface area contributed by atoms with Crippen LogP contribution in [0.3, 0.4) is 0 Å². The number of nitrogens with one attached hydrogen (secondary N) is 1. The van der Waals surface area contributed by atoms with Crippen LogP contribution >= 0.6 is 0 Å². The number of aromatic nitrogens is 3. The third-order valence-corrected chi connectivity index (χ3v) is 8.37. The Hall–Kier alpha value is -3.39. The van der Waals surface area contributed by atoms with E-state index in [0.717, 1.165) is 38.7 Å². The van der Waals surface area contributed by atoms with Gasteiger partial charge in [-0.05, 0) is 44.1 Å². The molecule has 2 saturated heterocycles. The molecule has 2 aliphatic heterocycles. The molecule has 2 aromatic heterocycles. The Kier molecular flexibility index (Phi) is 8.38. The number of likely N-dealkylation sites (N-methyl/N-ethyl adjacent to an activating group) is 1. The fourth-order valence-electron chi connectivity index (χ4n) is 6.13. The van der Waals surface area contributed by atoms with Crippen molar-refractivity contribution in [2.24, 2.45) is 0 Å². The van der Waals surface area contributed by atoms with Crippen molar-refractivity contribution in [3.63, 3.8) is 0 Å². The number of hydrogen-bond acceptors (Lipinski definition) is 8. The van der Waals surface area contributed by atoms with Gasteiger partial charge in [0.15, 0.2) is 0 Å². The van der Waals surface area contributed by atoms with Crippen molar-refractivity contribution in [1.82, 2.24) is 25.2 Å². The van der Waals surface area contributed by atoms with Crippen LogP contribution in [0.5, 0.6) is 5.75 Å². The Morgan fingerprint density at radius 1 is 0.953 bits per heavy atom. The number of pyridine rings is 1. The zero-order valence-electron chi connectivity index (χ0n) is 24.4. The molecule has 0 spiro atoms. The van der Waals surface area contributed by atoms with Gasteiger partial charge in [0.25, 0.3) is 0 Å².